The van der Waals surface area contributed by atoms with Crippen molar-refractivity contribution in [3.05, 3.63) is 11.6 Å². The van der Waals surface area contributed by atoms with Gasteiger partial charge in [-0.05, 0) is 13.8 Å². The zero-order chi connectivity index (χ0) is 12.5. The molecule has 1 aliphatic heterocycles. The van der Waals surface area contributed by atoms with Crippen LogP contribution < -0.4 is 4.90 Å². The van der Waals surface area contributed by atoms with Crippen molar-refractivity contribution < 1.29 is 8.42 Å². The molecule has 0 amide bonds. The van der Waals surface area contributed by atoms with Gasteiger partial charge in [-0.2, -0.15) is 4.31 Å². The van der Waals surface area contributed by atoms with Gasteiger partial charge in [0, 0.05) is 37.8 Å². The summed E-state index contributed by atoms with van der Waals surface area (Å²) in [5.41, 5.74) is 0. The predicted octanol–water partition coefficient (Wildman–Crippen LogP) is 1.00. The van der Waals surface area contributed by atoms with E-state index in [2.05, 4.69) is 9.88 Å². The summed E-state index contributed by atoms with van der Waals surface area (Å²) in [5, 5.41) is 2.58. The Bertz CT molecular complexity index is 448. The maximum absolute atomic E-state index is 12.0. The Morgan fingerprint density at radius 3 is 2.41 bits per heavy atom. The van der Waals surface area contributed by atoms with Gasteiger partial charge in [-0.15, -0.1) is 11.3 Å². The monoisotopic (exact) mass is 275 g/mol. The molecular weight excluding hydrogens is 258 g/mol. The molecule has 0 unspecified atom stereocenters. The van der Waals surface area contributed by atoms with E-state index in [0.29, 0.717) is 13.1 Å². The van der Waals surface area contributed by atoms with Gasteiger partial charge in [0.15, 0.2) is 5.13 Å². The summed E-state index contributed by atoms with van der Waals surface area (Å²) >= 11 is 1.59. The molecule has 0 aliphatic carbocycles. The molecule has 1 aromatic rings. The molecule has 0 spiro atoms. The summed E-state index contributed by atoms with van der Waals surface area (Å²) in [5.74, 6) is 0. The Balaban J connectivity index is 1.99. The molecule has 0 radical (unpaired) electrons. The summed E-state index contributed by atoms with van der Waals surface area (Å²) in [6, 6.07) is 0. The first-order valence-corrected chi connectivity index (χ1v) is 8.03. The van der Waals surface area contributed by atoms with Gasteiger partial charge >= 0.3 is 0 Å². The van der Waals surface area contributed by atoms with E-state index in [1.54, 1.807) is 35.7 Å². The van der Waals surface area contributed by atoms with Crippen molar-refractivity contribution >= 4 is 26.5 Å². The number of hydrogen-bond donors (Lipinski definition) is 0. The molecule has 1 aliphatic rings. The zero-order valence-corrected chi connectivity index (χ0v) is 11.7. The lowest BCUT2D eigenvalue weighted by Gasteiger charge is -2.34. The molecule has 0 saturated carbocycles. The molecule has 2 heterocycles. The first kappa shape index (κ1) is 12.8. The van der Waals surface area contributed by atoms with E-state index < -0.39 is 10.0 Å². The van der Waals surface area contributed by atoms with Gasteiger partial charge in [-0.1, -0.05) is 0 Å². The summed E-state index contributed by atoms with van der Waals surface area (Å²) < 4.78 is 25.5. The molecule has 2 rings (SSSR count). The number of hydrogen-bond acceptors (Lipinski definition) is 5. The van der Waals surface area contributed by atoms with Crippen molar-refractivity contribution in [3.8, 4) is 0 Å². The maximum Gasteiger partial charge on any atom is 0.216 e. The van der Waals surface area contributed by atoms with Gasteiger partial charge in [-0.25, -0.2) is 13.4 Å². The van der Waals surface area contributed by atoms with Crippen LogP contribution in [-0.2, 0) is 10.0 Å². The van der Waals surface area contributed by atoms with Crippen LogP contribution in [0.1, 0.15) is 13.8 Å². The Labute approximate surface area is 106 Å². The smallest absolute Gasteiger partial charge is 0.216 e. The van der Waals surface area contributed by atoms with Crippen molar-refractivity contribution in [2.75, 3.05) is 31.1 Å². The van der Waals surface area contributed by atoms with Crippen LogP contribution in [0.15, 0.2) is 11.6 Å². The van der Waals surface area contributed by atoms with Crippen LogP contribution in [0.25, 0.3) is 0 Å². The minimum Gasteiger partial charge on any atom is -0.345 e. The molecule has 0 bridgehead atoms. The summed E-state index contributed by atoms with van der Waals surface area (Å²) in [7, 11) is -3.10. The highest BCUT2D eigenvalue weighted by molar-refractivity contribution is 7.89. The Hall–Kier alpha value is -0.660. The molecule has 7 heteroatoms. The predicted molar refractivity (Wildman–Crippen MR) is 70.0 cm³/mol. The van der Waals surface area contributed by atoms with Gasteiger partial charge in [0.05, 0.1) is 5.25 Å². The minimum absolute atomic E-state index is 0.339. The normalized spacial score (nSPS) is 18.9. The highest BCUT2D eigenvalue weighted by Gasteiger charge is 2.29. The summed E-state index contributed by atoms with van der Waals surface area (Å²) in [6.07, 6.45) is 1.78. The third-order valence-corrected chi connectivity index (χ3v) is 5.99. The summed E-state index contributed by atoms with van der Waals surface area (Å²) in [6.45, 7) is 6.00. The van der Waals surface area contributed by atoms with E-state index in [1.807, 2.05) is 5.38 Å². The van der Waals surface area contributed by atoms with Crippen LogP contribution in [0.3, 0.4) is 0 Å². The number of piperazine rings is 1. The average molecular weight is 275 g/mol. The highest BCUT2D eigenvalue weighted by Crippen LogP contribution is 2.20. The summed E-state index contributed by atoms with van der Waals surface area (Å²) in [4.78, 5) is 6.37. The van der Waals surface area contributed by atoms with Crippen LogP contribution in [0.4, 0.5) is 5.13 Å². The number of thiazole rings is 1. The van der Waals surface area contributed by atoms with E-state index in [9.17, 15) is 8.42 Å². The SMILES string of the molecule is CC(C)S(=O)(=O)N1CCN(c2nccs2)CC1. The first-order valence-electron chi connectivity index (χ1n) is 5.65. The van der Waals surface area contributed by atoms with Crippen molar-refractivity contribution in [1.29, 1.82) is 0 Å². The number of nitrogens with zero attached hydrogens (tertiary/aromatic N) is 3. The topological polar surface area (TPSA) is 53.5 Å². The number of aromatic nitrogens is 1. The molecule has 0 atom stereocenters. The van der Waals surface area contributed by atoms with Crippen molar-refractivity contribution in [2.24, 2.45) is 0 Å². The average Bonchev–Trinajstić information content (AvgIpc) is 2.82. The quantitative estimate of drug-likeness (QED) is 0.826. The van der Waals surface area contributed by atoms with Crippen LogP contribution in [0.5, 0.6) is 0 Å². The fourth-order valence-electron chi connectivity index (χ4n) is 1.80. The largest absolute Gasteiger partial charge is 0.345 e. The molecule has 0 aromatic carbocycles. The van der Waals surface area contributed by atoms with Gasteiger partial charge in [0.1, 0.15) is 0 Å². The maximum atomic E-state index is 12.0. The van der Waals surface area contributed by atoms with Crippen LogP contribution in [-0.4, -0.2) is 49.1 Å². The molecule has 1 saturated heterocycles. The second kappa shape index (κ2) is 4.91. The zero-order valence-electron chi connectivity index (χ0n) is 10.0. The lowest BCUT2D eigenvalue weighted by atomic mass is 10.4. The number of anilines is 1. The fourth-order valence-corrected chi connectivity index (χ4v) is 3.77. The van der Waals surface area contributed by atoms with Gasteiger partial charge in [0.2, 0.25) is 10.0 Å². The standard InChI is InChI=1S/C10H17N3O2S2/c1-9(2)17(14,15)13-6-4-12(5-7-13)10-11-3-8-16-10/h3,8-9H,4-7H2,1-2H3. The van der Waals surface area contributed by atoms with E-state index in [4.69, 9.17) is 0 Å². The second-order valence-corrected chi connectivity index (χ2v) is 7.66. The molecule has 17 heavy (non-hydrogen) atoms. The van der Waals surface area contributed by atoms with Crippen molar-refractivity contribution in [2.45, 2.75) is 19.1 Å². The molecule has 1 fully saturated rings. The minimum atomic E-state index is -3.10. The van der Waals surface area contributed by atoms with Crippen molar-refractivity contribution in [1.82, 2.24) is 9.29 Å². The molecule has 5 nitrogen and oxygen atoms in total. The number of rotatable bonds is 3. The van der Waals surface area contributed by atoms with E-state index >= 15 is 0 Å². The van der Waals surface area contributed by atoms with Crippen LogP contribution in [0, 0.1) is 0 Å². The third kappa shape index (κ3) is 2.61. The van der Waals surface area contributed by atoms with Crippen LogP contribution >= 0.6 is 11.3 Å². The van der Waals surface area contributed by atoms with E-state index in [0.717, 1.165) is 18.2 Å². The highest BCUT2D eigenvalue weighted by atomic mass is 32.2. The molecular formula is C10H17N3O2S2. The fraction of sp³-hybridized carbons (Fsp3) is 0.700. The van der Waals surface area contributed by atoms with Gasteiger partial charge in [-0.3, -0.25) is 0 Å². The molecule has 0 N–H and O–H groups in total. The lowest BCUT2D eigenvalue weighted by molar-refractivity contribution is 0.381. The Kier molecular flexibility index (Phi) is 3.70. The van der Waals surface area contributed by atoms with E-state index in [1.165, 1.54) is 0 Å². The third-order valence-electron chi connectivity index (χ3n) is 2.88. The Morgan fingerprint density at radius 1 is 1.29 bits per heavy atom. The van der Waals surface area contributed by atoms with Crippen LogP contribution in [0.2, 0.25) is 0 Å². The number of sulfonamides is 1. The molecule has 1 aromatic heterocycles. The van der Waals surface area contributed by atoms with Crippen molar-refractivity contribution in [3.63, 3.8) is 0 Å². The first-order chi connectivity index (χ1) is 8.01. The second-order valence-electron chi connectivity index (χ2n) is 4.29. The molecule has 96 valence electrons. The van der Waals surface area contributed by atoms with E-state index in [-0.39, 0.29) is 5.25 Å². The lowest BCUT2D eigenvalue weighted by Crippen LogP contribution is -2.50. The van der Waals surface area contributed by atoms with Gasteiger partial charge in [0.25, 0.3) is 0 Å². The Morgan fingerprint density at radius 2 is 1.94 bits per heavy atom. The van der Waals surface area contributed by atoms with Gasteiger partial charge < -0.3 is 4.90 Å².